The van der Waals surface area contributed by atoms with Crippen LogP contribution in [-0.4, -0.2) is 22.5 Å². The van der Waals surface area contributed by atoms with Crippen LogP contribution in [0, 0.1) is 13.8 Å². The molecule has 0 unspecified atom stereocenters. The molecule has 0 aliphatic carbocycles. The maximum Gasteiger partial charge on any atom is 0.309 e. The summed E-state index contributed by atoms with van der Waals surface area (Å²) >= 11 is 1.33. The van der Waals surface area contributed by atoms with E-state index in [0.29, 0.717) is 16.0 Å². The first kappa shape index (κ1) is 17.2. The van der Waals surface area contributed by atoms with Crippen molar-refractivity contribution in [2.24, 2.45) is 0 Å². The van der Waals surface area contributed by atoms with Crippen molar-refractivity contribution in [2.75, 3.05) is 6.61 Å². The second-order valence-electron chi connectivity index (χ2n) is 5.68. The number of hydrogen-bond acceptors (Lipinski definition) is 6. The van der Waals surface area contributed by atoms with E-state index >= 15 is 0 Å². The number of aromatic nitrogens is 2. The lowest BCUT2D eigenvalue weighted by Crippen LogP contribution is -2.14. The molecule has 130 valence electrons. The highest BCUT2D eigenvalue weighted by Crippen LogP contribution is 2.19. The van der Waals surface area contributed by atoms with Crippen LogP contribution < -0.4 is 10.3 Å². The molecular weight excluding hydrogens is 340 g/mol. The minimum Gasteiger partial charge on any atom is -0.493 e. The number of rotatable bonds is 6. The van der Waals surface area contributed by atoms with Crippen LogP contribution in [0.2, 0.25) is 0 Å². The lowest BCUT2D eigenvalue weighted by molar-refractivity contribution is -0.145. The Hall–Kier alpha value is -2.67. The molecule has 0 spiro atoms. The molecule has 2 aromatic heterocycles. The number of carbonyl (C=O) groups is 1. The number of thiophene rings is 1. The standard InChI is InChI=1S/C18H18N2O4S/c1-11-3-4-12(2)14(9-11)23-7-5-16(21)24-10-15-19-13-6-8-25-17(13)18(22)20-15/h3-4,6,8-9H,5,7,10H2,1-2H3,(H,19,20,22). The van der Waals surface area contributed by atoms with Crippen molar-refractivity contribution in [1.82, 2.24) is 9.97 Å². The molecule has 0 fully saturated rings. The lowest BCUT2D eigenvalue weighted by Gasteiger charge is -2.10. The van der Waals surface area contributed by atoms with Crippen molar-refractivity contribution in [2.45, 2.75) is 26.9 Å². The molecule has 2 heterocycles. The van der Waals surface area contributed by atoms with Crippen molar-refractivity contribution < 1.29 is 14.3 Å². The quantitative estimate of drug-likeness (QED) is 0.685. The molecule has 0 radical (unpaired) electrons. The fourth-order valence-electron chi connectivity index (χ4n) is 2.32. The van der Waals surface area contributed by atoms with Gasteiger partial charge >= 0.3 is 5.97 Å². The summed E-state index contributed by atoms with van der Waals surface area (Å²) in [5, 5.41) is 1.80. The van der Waals surface area contributed by atoms with Gasteiger partial charge in [0.1, 0.15) is 22.9 Å². The molecule has 1 aromatic carbocycles. The third kappa shape index (κ3) is 4.24. The number of aryl methyl sites for hydroxylation is 2. The van der Waals surface area contributed by atoms with Crippen molar-refractivity contribution in [1.29, 1.82) is 0 Å². The van der Waals surface area contributed by atoms with E-state index in [1.165, 1.54) is 11.3 Å². The maximum absolute atomic E-state index is 11.8. The Bertz CT molecular complexity index is 961. The van der Waals surface area contributed by atoms with Gasteiger partial charge in [-0.25, -0.2) is 4.98 Å². The van der Waals surface area contributed by atoms with E-state index in [4.69, 9.17) is 9.47 Å². The zero-order valence-corrected chi connectivity index (χ0v) is 14.8. The number of esters is 1. The van der Waals surface area contributed by atoms with E-state index in [2.05, 4.69) is 9.97 Å². The molecule has 0 aliphatic rings. The number of aromatic amines is 1. The van der Waals surface area contributed by atoms with Crippen molar-refractivity contribution >= 4 is 27.5 Å². The smallest absolute Gasteiger partial charge is 0.309 e. The summed E-state index contributed by atoms with van der Waals surface area (Å²) < 4.78 is 11.4. The minimum atomic E-state index is -0.404. The fourth-order valence-corrected chi connectivity index (χ4v) is 3.04. The van der Waals surface area contributed by atoms with Gasteiger partial charge in [0.05, 0.1) is 18.5 Å². The maximum atomic E-state index is 11.8. The van der Waals surface area contributed by atoms with Gasteiger partial charge in [0.2, 0.25) is 0 Å². The predicted octanol–water partition coefficient (Wildman–Crippen LogP) is 3.11. The molecule has 7 heteroatoms. The molecule has 0 saturated carbocycles. The van der Waals surface area contributed by atoms with E-state index in [0.717, 1.165) is 16.9 Å². The van der Waals surface area contributed by atoms with Crippen LogP contribution in [0.25, 0.3) is 10.2 Å². The number of H-pyrrole nitrogens is 1. The molecular formula is C18H18N2O4S. The Morgan fingerprint density at radius 2 is 2.12 bits per heavy atom. The van der Waals surface area contributed by atoms with E-state index in [1.54, 1.807) is 11.4 Å². The summed E-state index contributed by atoms with van der Waals surface area (Å²) in [7, 11) is 0. The summed E-state index contributed by atoms with van der Waals surface area (Å²) in [4.78, 5) is 30.6. The Labute approximate surface area is 148 Å². The molecule has 3 rings (SSSR count). The normalized spacial score (nSPS) is 10.8. The largest absolute Gasteiger partial charge is 0.493 e. The Morgan fingerprint density at radius 1 is 1.28 bits per heavy atom. The Morgan fingerprint density at radius 3 is 2.96 bits per heavy atom. The zero-order valence-electron chi connectivity index (χ0n) is 14.0. The van der Waals surface area contributed by atoms with Crippen LogP contribution in [0.3, 0.4) is 0 Å². The molecule has 1 N–H and O–H groups in total. The summed E-state index contributed by atoms with van der Waals surface area (Å²) in [6, 6.07) is 7.68. The van der Waals surface area contributed by atoms with Crippen LogP contribution in [0.1, 0.15) is 23.4 Å². The van der Waals surface area contributed by atoms with E-state index < -0.39 is 5.97 Å². The lowest BCUT2D eigenvalue weighted by atomic mass is 10.1. The predicted molar refractivity (Wildman–Crippen MR) is 96.1 cm³/mol. The van der Waals surface area contributed by atoms with Crippen molar-refractivity contribution in [3.63, 3.8) is 0 Å². The summed E-state index contributed by atoms with van der Waals surface area (Å²) in [6.45, 7) is 4.11. The molecule has 25 heavy (non-hydrogen) atoms. The van der Waals surface area contributed by atoms with Gasteiger partial charge in [0.15, 0.2) is 0 Å². The highest BCUT2D eigenvalue weighted by molar-refractivity contribution is 7.17. The molecule has 0 atom stereocenters. The zero-order chi connectivity index (χ0) is 17.8. The topological polar surface area (TPSA) is 81.3 Å². The number of ether oxygens (including phenoxy) is 2. The van der Waals surface area contributed by atoms with Gasteiger partial charge in [-0.2, -0.15) is 0 Å². The number of hydrogen-bond donors (Lipinski definition) is 1. The average Bonchev–Trinajstić information content (AvgIpc) is 3.05. The van der Waals surface area contributed by atoms with Crippen LogP contribution in [0.4, 0.5) is 0 Å². The first-order chi connectivity index (χ1) is 12.0. The molecule has 0 saturated heterocycles. The van der Waals surface area contributed by atoms with Gasteiger partial charge in [-0.1, -0.05) is 12.1 Å². The van der Waals surface area contributed by atoms with Gasteiger partial charge in [-0.15, -0.1) is 11.3 Å². The number of fused-ring (bicyclic) bond motifs is 1. The summed E-state index contributed by atoms with van der Waals surface area (Å²) in [6.07, 6.45) is 0.123. The molecule has 0 aliphatic heterocycles. The number of nitrogens with zero attached hydrogens (tertiary/aromatic N) is 1. The van der Waals surface area contributed by atoms with Crippen molar-refractivity contribution in [3.05, 3.63) is 57.0 Å². The highest BCUT2D eigenvalue weighted by atomic mass is 32.1. The van der Waals surface area contributed by atoms with E-state index in [-0.39, 0.29) is 25.2 Å². The van der Waals surface area contributed by atoms with Crippen LogP contribution >= 0.6 is 11.3 Å². The molecule has 6 nitrogen and oxygen atoms in total. The van der Waals surface area contributed by atoms with Gasteiger partial charge in [0, 0.05) is 0 Å². The molecule has 0 bridgehead atoms. The van der Waals surface area contributed by atoms with Gasteiger partial charge in [-0.3, -0.25) is 9.59 Å². The fraction of sp³-hybridized carbons (Fsp3) is 0.278. The van der Waals surface area contributed by atoms with Crippen molar-refractivity contribution in [3.8, 4) is 5.75 Å². The highest BCUT2D eigenvalue weighted by Gasteiger charge is 2.09. The third-order valence-corrected chi connectivity index (χ3v) is 4.54. The monoisotopic (exact) mass is 358 g/mol. The number of carbonyl (C=O) groups excluding carboxylic acids is 1. The summed E-state index contributed by atoms with van der Waals surface area (Å²) in [5.41, 5.74) is 2.51. The van der Waals surface area contributed by atoms with Gasteiger partial charge in [-0.05, 0) is 42.5 Å². The Balaban J connectivity index is 1.50. The van der Waals surface area contributed by atoms with E-state index in [1.807, 2.05) is 32.0 Å². The minimum absolute atomic E-state index is 0.0661. The molecule has 0 amide bonds. The second-order valence-corrected chi connectivity index (χ2v) is 6.59. The van der Waals surface area contributed by atoms with Gasteiger partial charge in [0.25, 0.3) is 5.56 Å². The van der Waals surface area contributed by atoms with Crippen LogP contribution in [0.5, 0.6) is 5.75 Å². The van der Waals surface area contributed by atoms with Crippen LogP contribution in [0.15, 0.2) is 34.4 Å². The Kier molecular flexibility index (Phi) is 5.14. The average molecular weight is 358 g/mol. The first-order valence-electron chi connectivity index (χ1n) is 7.85. The first-order valence-corrected chi connectivity index (χ1v) is 8.73. The third-order valence-electron chi connectivity index (χ3n) is 3.64. The summed E-state index contributed by atoms with van der Waals surface area (Å²) in [5.74, 6) is 0.694. The molecule has 3 aromatic rings. The number of benzene rings is 1. The van der Waals surface area contributed by atoms with Crippen LogP contribution in [-0.2, 0) is 16.1 Å². The SMILES string of the molecule is Cc1ccc(C)c(OCCC(=O)OCc2nc3ccsc3c(=O)[nH]2)c1. The second kappa shape index (κ2) is 7.48. The van der Waals surface area contributed by atoms with Gasteiger partial charge < -0.3 is 14.5 Å². The van der Waals surface area contributed by atoms with E-state index in [9.17, 15) is 9.59 Å². The number of nitrogens with one attached hydrogen (secondary N) is 1.